The number of benzene rings is 1. The molecule has 4 atom stereocenters. The number of carbonyl (C=O) groups excluding carboxylic acids is 2. The Morgan fingerprint density at radius 3 is 2.75 bits per heavy atom. The molecule has 2 bridgehead atoms. The molecule has 2 fully saturated rings. The Balaban J connectivity index is 1.79. The minimum Gasteiger partial charge on any atom is -0.362 e. The molecule has 102 valence electrons. The van der Waals surface area contributed by atoms with E-state index in [0.717, 1.165) is 5.56 Å². The zero-order chi connectivity index (χ0) is 14.1. The summed E-state index contributed by atoms with van der Waals surface area (Å²) in [5, 5.41) is 0. The first-order chi connectivity index (χ1) is 9.51. The summed E-state index contributed by atoms with van der Waals surface area (Å²) in [4.78, 5) is 26.7. The number of fused-ring (bicyclic) bond motifs is 5. The first-order valence-electron chi connectivity index (χ1n) is 6.83. The van der Waals surface area contributed by atoms with E-state index in [0.29, 0.717) is 5.69 Å². The summed E-state index contributed by atoms with van der Waals surface area (Å²) in [6.07, 6.45) is 3.58. The zero-order valence-electron chi connectivity index (χ0n) is 11.4. The van der Waals surface area contributed by atoms with Gasteiger partial charge in [-0.15, -0.1) is 0 Å². The van der Waals surface area contributed by atoms with Crippen molar-refractivity contribution in [3.63, 3.8) is 0 Å². The fraction of sp³-hybridized carbons (Fsp3) is 0.375. The third-order valence-corrected chi connectivity index (χ3v) is 4.59. The lowest BCUT2D eigenvalue weighted by Gasteiger charge is -2.24. The van der Waals surface area contributed by atoms with Gasteiger partial charge >= 0.3 is 0 Å². The van der Waals surface area contributed by atoms with Crippen LogP contribution in [0.4, 0.5) is 5.69 Å². The molecular weight excluding hydrogens is 254 g/mol. The van der Waals surface area contributed by atoms with Crippen molar-refractivity contribution in [1.82, 2.24) is 0 Å². The number of hydrogen-bond donors (Lipinski definition) is 0. The fourth-order valence-corrected chi connectivity index (χ4v) is 3.67. The molecule has 0 N–H and O–H groups in total. The second kappa shape index (κ2) is 3.58. The first-order valence-corrected chi connectivity index (χ1v) is 6.83. The molecule has 0 unspecified atom stereocenters. The third kappa shape index (κ3) is 1.29. The Morgan fingerprint density at radius 2 is 2.05 bits per heavy atom. The lowest BCUT2D eigenvalue weighted by atomic mass is 9.78. The summed E-state index contributed by atoms with van der Waals surface area (Å²) in [6.45, 7) is 3.84. The van der Waals surface area contributed by atoms with Crippen molar-refractivity contribution >= 4 is 17.5 Å². The Hall–Kier alpha value is -1.94. The van der Waals surface area contributed by atoms with Gasteiger partial charge in [0.15, 0.2) is 0 Å². The molecule has 1 aromatic rings. The molecule has 4 rings (SSSR count). The van der Waals surface area contributed by atoms with Gasteiger partial charge in [-0.2, -0.15) is 0 Å². The van der Waals surface area contributed by atoms with Crippen molar-refractivity contribution in [3.05, 3.63) is 42.0 Å². The van der Waals surface area contributed by atoms with Crippen molar-refractivity contribution in [1.29, 1.82) is 0 Å². The predicted molar refractivity (Wildman–Crippen MR) is 73.1 cm³/mol. The van der Waals surface area contributed by atoms with Crippen molar-refractivity contribution in [2.75, 3.05) is 4.90 Å². The van der Waals surface area contributed by atoms with Gasteiger partial charge in [0.25, 0.3) is 0 Å². The smallest absolute Gasteiger partial charge is 0.241 e. The van der Waals surface area contributed by atoms with Crippen LogP contribution in [0.25, 0.3) is 0 Å². The average Bonchev–Trinajstić information content (AvgIpc) is 2.99. The van der Waals surface area contributed by atoms with E-state index in [1.165, 1.54) is 4.90 Å². The number of aryl methyl sites for hydroxylation is 1. The largest absolute Gasteiger partial charge is 0.362 e. The van der Waals surface area contributed by atoms with Crippen LogP contribution in [0.1, 0.15) is 12.5 Å². The minimum atomic E-state index is -0.624. The van der Waals surface area contributed by atoms with E-state index in [2.05, 4.69) is 0 Å². The molecule has 1 aromatic carbocycles. The van der Waals surface area contributed by atoms with Crippen LogP contribution in [0, 0.1) is 18.8 Å². The van der Waals surface area contributed by atoms with Gasteiger partial charge in [0.05, 0.1) is 29.2 Å². The maximum absolute atomic E-state index is 12.7. The molecule has 3 aliphatic rings. The van der Waals surface area contributed by atoms with Crippen LogP contribution in [0.5, 0.6) is 0 Å². The quantitative estimate of drug-likeness (QED) is 0.577. The molecule has 3 aliphatic heterocycles. The molecule has 2 saturated heterocycles. The summed E-state index contributed by atoms with van der Waals surface area (Å²) >= 11 is 0. The number of rotatable bonds is 1. The van der Waals surface area contributed by atoms with Gasteiger partial charge in [0.2, 0.25) is 11.8 Å². The third-order valence-electron chi connectivity index (χ3n) is 4.59. The van der Waals surface area contributed by atoms with E-state index in [1.54, 1.807) is 0 Å². The molecule has 20 heavy (non-hydrogen) atoms. The summed E-state index contributed by atoms with van der Waals surface area (Å²) in [5.74, 6) is -1.02. The van der Waals surface area contributed by atoms with E-state index in [4.69, 9.17) is 4.74 Å². The van der Waals surface area contributed by atoms with Gasteiger partial charge in [0, 0.05) is 0 Å². The number of amides is 2. The Labute approximate surface area is 117 Å². The van der Waals surface area contributed by atoms with Crippen LogP contribution in [-0.2, 0) is 14.3 Å². The second-order valence-electron chi connectivity index (χ2n) is 5.98. The number of ether oxygens (including phenoxy) is 1. The molecule has 3 heterocycles. The van der Waals surface area contributed by atoms with Crippen molar-refractivity contribution in [2.45, 2.75) is 25.6 Å². The highest BCUT2D eigenvalue weighted by Gasteiger charge is 2.65. The molecule has 2 amide bonds. The van der Waals surface area contributed by atoms with Crippen molar-refractivity contribution in [3.8, 4) is 0 Å². The van der Waals surface area contributed by atoms with Gasteiger partial charge in [-0.25, -0.2) is 4.90 Å². The standard InChI is InChI=1S/C16H15NO3/c1-9-4-3-5-10(8-9)17-14(18)12-11-6-7-16(2,20-11)13(12)15(17)19/h3-8,11-13H,1-2H3/t11-,12-,13-,16-/m1/s1. The van der Waals surface area contributed by atoms with Gasteiger partial charge in [0.1, 0.15) is 0 Å². The second-order valence-corrected chi connectivity index (χ2v) is 5.98. The lowest BCUT2D eigenvalue weighted by Crippen LogP contribution is -2.38. The van der Waals surface area contributed by atoms with Gasteiger partial charge in [-0.3, -0.25) is 9.59 Å². The maximum Gasteiger partial charge on any atom is 0.241 e. The summed E-state index contributed by atoms with van der Waals surface area (Å²) in [6, 6.07) is 7.49. The molecule has 4 heteroatoms. The van der Waals surface area contributed by atoms with E-state index in [1.807, 2.05) is 50.3 Å². The summed E-state index contributed by atoms with van der Waals surface area (Å²) in [7, 11) is 0. The number of imide groups is 1. The Kier molecular flexibility index (Phi) is 2.12. The molecule has 0 spiro atoms. The van der Waals surface area contributed by atoms with Crippen LogP contribution < -0.4 is 4.90 Å². The van der Waals surface area contributed by atoms with Crippen molar-refractivity contribution < 1.29 is 14.3 Å². The molecule has 0 aromatic heterocycles. The molecule has 0 saturated carbocycles. The van der Waals surface area contributed by atoms with E-state index in [9.17, 15) is 9.59 Å². The average molecular weight is 269 g/mol. The van der Waals surface area contributed by atoms with E-state index >= 15 is 0 Å². The van der Waals surface area contributed by atoms with Crippen LogP contribution in [0.2, 0.25) is 0 Å². The number of nitrogens with zero attached hydrogens (tertiary/aromatic N) is 1. The SMILES string of the molecule is Cc1cccc(N2C(=O)[C@@H]3[C@H]4C=C[C@@](C)(O4)[C@H]3C2=O)c1. The van der Waals surface area contributed by atoms with Gasteiger partial charge < -0.3 is 4.74 Å². The number of carbonyl (C=O) groups is 2. The summed E-state index contributed by atoms with van der Waals surface area (Å²) < 4.78 is 5.80. The van der Waals surface area contributed by atoms with Crippen LogP contribution in [-0.4, -0.2) is 23.5 Å². The normalized spacial score (nSPS) is 37.9. The zero-order valence-corrected chi connectivity index (χ0v) is 11.4. The first kappa shape index (κ1) is 11.9. The monoisotopic (exact) mass is 269 g/mol. The topological polar surface area (TPSA) is 46.6 Å². The van der Waals surface area contributed by atoms with Crippen molar-refractivity contribution in [2.24, 2.45) is 11.8 Å². The highest BCUT2D eigenvalue weighted by atomic mass is 16.5. The number of hydrogen-bond acceptors (Lipinski definition) is 3. The lowest BCUT2D eigenvalue weighted by molar-refractivity contribution is -0.126. The fourth-order valence-electron chi connectivity index (χ4n) is 3.67. The van der Waals surface area contributed by atoms with Crippen LogP contribution >= 0.6 is 0 Å². The highest BCUT2D eigenvalue weighted by molar-refractivity contribution is 6.23. The van der Waals surface area contributed by atoms with Gasteiger partial charge in [-0.1, -0.05) is 24.3 Å². The highest BCUT2D eigenvalue weighted by Crippen LogP contribution is 2.52. The van der Waals surface area contributed by atoms with Crippen LogP contribution in [0.15, 0.2) is 36.4 Å². The van der Waals surface area contributed by atoms with Crippen LogP contribution in [0.3, 0.4) is 0 Å². The van der Waals surface area contributed by atoms with Gasteiger partial charge in [-0.05, 0) is 31.5 Å². The Morgan fingerprint density at radius 1 is 1.25 bits per heavy atom. The maximum atomic E-state index is 12.7. The van der Waals surface area contributed by atoms with E-state index in [-0.39, 0.29) is 29.8 Å². The molecule has 0 aliphatic carbocycles. The number of anilines is 1. The summed E-state index contributed by atoms with van der Waals surface area (Å²) in [5.41, 5.74) is 1.07. The molecular formula is C16H15NO3. The Bertz CT molecular complexity index is 665. The molecule has 0 radical (unpaired) electrons. The molecule has 4 nitrogen and oxygen atoms in total. The van der Waals surface area contributed by atoms with E-state index < -0.39 is 5.60 Å². The predicted octanol–water partition coefficient (Wildman–Crippen LogP) is 1.83. The minimum absolute atomic E-state index is 0.135.